The number of nitrogens with one attached hydrogen (secondary N) is 1. The average Bonchev–Trinajstić information content (AvgIpc) is 3.46. The summed E-state index contributed by atoms with van der Waals surface area (Å²) in [5.74, 6) is 2.33. The molecule has 1 aliphatic carbocycles. The fourth-order valence-electron chi connectivity index (χ4n) is 4.15. The molecule has 154 valence electrons. The van der Waals surface area contributed by atoms with Crippen molar-refractivity contribution in [3.05, 3.63) is 47.5 Å². The molecule has 0 aromatic carbocycles. The fraction of sp³-hybridized carbons (Fsp3) is 0.333. The summed E-state index contributed by atoms with van der Waals surface area (Å²) in [5, 5.41) is 17.9. The van der Waals surface area contributed by atoms with E-state index in [1.54, 1.807) is 12.4 Å². The summed E-state index contributed by atoms with van der Waals surface area (Å²) in [6.45, 7) is 0.228. The highest BCUT2D eigenvalue weighted by molar-refractivity contribution is 9.10. The number of nitrogens with zero attached hydrogens (tertiary/aromatic N) is 6. The Hall–Kier alpha value is -2.78. The predicted molar refractivity (Wildman–Crippen MR) is 118 cm³/mol. The second-order valence-corrected chi connectivity index (χ2v) is 8.56. The molecule has 1 saturated carbocycles. The van der Waals surface area contributed by atoms with Gasteiger partial charge in [-0.05, 0) is 53.2 Å². The van der Waals surface area contributed by atoms with Crippen molar-refractivity contribution in [2.75, 3.05) is 11.9 Å². The van der Waals surface area contributed by atoms with Crippen LogP contribution in [0, 0.1) is 5.92 Å². The van der Waals surface area contributed by atoms with Gasteiger partial charge in [-0.2, -0.15) is 0 Å². The van der Waals surface area contributed by atoms with Crippen molar-refractivity contribution in [2.45, 2.75) is 25.3 Å². The van der Waals surface area contributed by atoms with Gasteiger partial charge in [-0.25, -0.2) is 14.5 Å². The van der Waals surface area contributed by atoms with Crippen LogP contribution in [0.15, 0.2) is 47.5 Å². The van der Waals surface area contributed by atoms with Gasteiger partial charge in [-0.3, -0.25) is 4.98 Å². The van der Waals surface area contributed by atoms with Crippen LogP contribution in [0.2, 0.25) is 0 Å². The van der Waals surface area contributed by atoms with Crippen molar-refractivity contribution >= 4 is 27.3 Å². The molecule has 5 rings (SSSR count). The first-order valence-electron chi connectivity index (χ1n) is 9.99. The standard InChI is InChI=1S/C21H22BrN7O/c1-28-9-8-24-21(28)20-26-19(25-14-6-5-13(10-14)12-30)18-17(15(22)11-29(18)27-20)16-4-2-3-7-23-16/h2-4,7-9,11,13-14,30H,5-6,10,12H2,1H3,(H,25,26,27)/t13-,14-/m1/s1. The second-order valence-electron chi connectivity index (χ2n) is 7.71. The van der Waals surface area contributed by atoms with Crippen LogP contribution >= 0.6 is 15.9 Å². The maximum absolute atomic E-state index is 9.53. The third-order valence-electron chi connectivity index (χ3n) is 5.67. The molecule has 0 radical (unpaired) electrons. The van der Waals surface area contributed by atoms with E-state index < -0.39 is 0 Å². The van der Waals surface area contributed by atoms with Gasteiger partial charge in [0.25, 0.3) is 0 Å². The summed E-state index contributed by atoms with van der Waals surface area (Å²) in [4.78, 5) is 13.8. The topological polar surface area (TPSA) is 93.2 Å². The number of aryl methyl sites for hydroxylation is 1. The largest absolute Gasteiger partial charge is 0.396 e. The number of aromatic nitrogens is 6. The number of fused-ring (bicyclic) bond motifs is 1. The molecule has 0 amide bonds. The summed E-state index contributed by atoms with van der Waals surface area (Å²) in [7, 11) is 1.93. The molecular formula is C21H22BrN7O. The summed E-state index contributed by atoms with van der Waals surface area (Å²) in [6.07, 6.45) is 10.3. The lowest BCUT2D eigenvalue weighted by molar-refractivity contribution is 0.229. The van der Waals surface area contributed by atoms with Crippen molar-refractivity contribution in [3.8, 4) is 22.9 Å². The summed E-state index contributed by atoms with van der Waals surface area (Å²) < 4.78 is 4.64. The van der Waals surface area contributed by atoms with Gasteiger partial charge in [0, 0.05) is 54.5 Å². The highest BCUT2D eigenvalue weighted by Gasteiger charge is 2.27. The molecule has 0 spiro atoms. The molecule has 0 unspecified atom stereocenters. The molecule has 9 heteroatoms. The first-order valence-corrected chi connectivity index (χ1v) is 10.8. The van der Waals surface area contributed by atoms with Crippen molar-refractivity contribution < 1.29 is 5.11 Å². The van der Waals surface area contributed by atoms with Gasteiger partial charge < -0.3 is 15.0 Å². The molecule has 2 atom stereocenters. The van der Waals surface area contributed by atoms with Crippen LogP contribution in [0.25, 0.3) is 28.4 Å². The fourth-order valence-corrected chi connectivity index (χ4v) is 4.73. The third kappa shape index (κ3) is 3.37. The predicted octanol–water partition coefficient (Wildman–Crippen LogP) is 3.53. The molecule has 4 heterocycles. The molecule has 1 aliphatic rings. The molecule has 30 heavy (non-hydrogen) atoms. The van der Waals surface area contributed by atoms with Crippen LogP contribution in [-0.4, -0.2) is 46.9 Å². The van der Waals surface area contributed by atoms with Crippen LogP contribution in [0.4, 0.5) is 5.82 Å². The SMILES string of the molecule is Cn1ccnc1-c1nc(N[C@@H]2CC[C@@H](CO)C2)c2c(-c3ccccn3)c(Br)cn2n1. The number of anilines is 1. The maximum atomic E-state index is 9.53. The van der Waals surface area contributed by atoms with Crippen LogP contribution in [0.5, 0.6) is 0 Å². The van der Waals surface area contributed by atoms with Gasteiger partial charge in [0.05, 0.1) is 5.69 Å². The Balaban J connectivity index is 1.68. The lowest BCUT2D eigenvalue weighted by Crippen LogP contribution is -2.19. The van der Waals surface area contributed by atoms with E-state index >= 15 is 0 Å². The number of aliphatic hydroxyl groups is 1. The molecule has 0 aliphatic heterocycles. The zero-order valence-corrected chi connectivity index (χ0v) is 18.1. The van der Waals surface area contributed by atoms with E-state index in [4.69, 9.17) is 10.1 Å². The van der Waals surface area contributed by atoms with Crippen LogP contribution in [0.1, 0.15) is 19.3 Å². The molecule has 4 aromatic rings. The number of hydrogen-bond donors (Lipinski definition) is 2. The molecule has 8 nitrogen and oxygen atoms in total. The number of aliphatic hydroxyl groups excluding tert-OH is 1. The minimum Gasteiger partial charge on any atom is -0.396 e. The van der Waals surface area contributed by atoms with Gasteiger partial charge in [0.1, 0.15) is 5.52 Å². The van der Waals surface area contributed by atoms with Crippen LogP contribution in [0.3, 0.4) is 0 Å². The van der Waals surface area contributed by atoms with E-state index in [1.165, 1.54) is 0 Å². The zero-order valence-electron chi connectivity index (χ0n) is 16.5. The van der Waals surface area contributed by atoms with Gasteiger partial charge in [-0.15, -0.1) is 5.10 Å². The number of pyridine rings is 1. The van der Waals surface area contributed by atoms with Crippen LogP contribution < -0.4 is 5.32 Å². The molecular weight excluding hydrogens is 446 g/mol. The molecule has 0 bridgehead atoms. The Morgan fingerprint density at radius 3 is 2.83 bits per heavy atom. The number of halogens is 1. The Morgan fingerprint density at radius 2 is 2.13 bits per heavy atom. The maximum Gasteiger partial charge on any atom is 0.218 e. The Labute approximate surface area is 182 Å². The van der Waals surface area contributed by atoms with E-state index in [9.17, 15) is 5.11 Å². The van der Waals surface area contributed by atoms with Crippen molar-refractivity contribution in [2.24, 2.45) is 13.0 Å². The second kappa shape index (κ2) is 7.81. The normalized spacial score (nSPS) is 18.9. The quantitative estimate of drug-likeness (QED) is 0.466. The van der Waals surface area contributed by atoms with Crippen molar-refractivity contribution in [3.63, 3.8) is 0 Å². The van der Waals surface area contributed by atoms with E-state index in [0.717, 1.165) is 46.3 Å². The Morgan fingerprint density at radius 1 is 1.23 bits per heavy atom. The summed E-state index contributed by atoms with van der Waals surface area (Å²) in [6, 6.07) is 6.10. The first-order chi connectivity index (χ1) is 14.6. The van der Waals surface area contributed by atoms with Gasteiger partial charge in [0.2, 0.25) is 5.82 Å². The average molecular weight is 468 g/mol. The smallest absolute Gasteiger partial charge is 0.218 e. The Kier molecular flexibility index (Phi) is 5.00. The highest BCUT2D eigenvalue weighted by Crippen LogP contribution is 2.37. The lowest BCUT2D eigenvalue weighted by atomic mass is 10.1. The minimum atomic E-state index is 0.228. The lowest BCUT2D eigenvalue weighted by Gasteiger charge is -2.16. The van der Waals surface area contributed by atoms with Crippen LogP contribution in [-0.2, 0) is 7.05 Å². The van der Waals surface area contributed by atoms with E-state index in [-0.39, 0.29) is 12.6 Å². The summed E-state index contributed by atoms with van der Waals surface area (Å²) in [5.41, 5.74) is 2.66. The highest BCUT2D eigenvalue weighted by atomic mass is 79.9. The van der Waals surface area contributed by atoms with Gasteiger partial charge in [-0.1, -0.05) is 6.07 Å². The number of hydrogen-bond acceptors (Lipinski definition) is 6. The number of imidazole rings is 1. The monoisotopic (exact) mass is 467 g/mol. The Bertz CT molecular complexity index is 1190. The third-order valence-corrected chi connectivity index (χ3v) is 6.27. The van der Waals surface area contributed by atoms with Gasteiger partial charge >= 0.3 is 0 Å². The molecule has 2 N–H and O–H groups in total. The first kappa shape index (κ1) is 19.2. The minimum absolute atomic E-state index is 0.228. The van der Waals surface area contributed by atoms with E-state index in [1.807, 2.05) is 46.7 Å². The number of rotatable bonds is 5. The van der Waals surface area contributed by atoms with Crippen molar-refractivity contribution in [1.29, 1.82) is 0 Å². The van der Waals surface area contributed by atoms with E-state index in [0.29, 0.717) is 17.6 Å². The summed E-state index contributed by atoms with van der Waals surface area (Å²) >= 11 is 3.69. The van der Waals surface area contributed by atoms with Gasteiger partial charge in [0.15, 0.2) is 11.6 Å². The van der Waals surface area contributed by atoms with E-state index in [2.05, 4.69) is 31.2 Å². The molecule has 4 aromatic heterocycles. The zero-order chi connectivity index (χ0) is 20.7. The van der Waals surface area contributed by atoms with Crippen molar-refractivity contribution in [1.82, 2.24) is 29.1 Å². The molecule has 1 fully saturated rings. The molecule has 0 saturated heterocycles.